The highest BCUT2D eigenvalue weighted by Gasteiger charge is 2.01. The predicted molar refractivity (Wildman–Crippen MR) is 68.9 cm³/mol. The monoisotopic (exact) mass is 288 g/mol. The topological polar surface area (TPSA) is 24.1 Å². The number of hydrogen-bond acceptors (Lipinski definition) is 2. The standard InChI is InChI=1S/C12H18BrFN2/c1-9(2)16-6-5-15-8-10-7-11(13)3-4-12(10)14/h3-4,7,9,15-16H,5-6,8H2,1-2H3. The van der Waals surface area contributed by atoms with Crippen LogP contribution in [0.1, 0.15) is 19.4 Å². The Balaban J connectivity index is 2.29. The van der Waals surface area contributed by atoms with Crippen molar-refractivity contribution in [3.63, 3.8) is 0 Å². The summed E-state index contributed by atoms with van der Waals surface area (Å²) in [6, 6.07) is 5.48. The predicted octanol–water partition coefficient (Wildman–Crippen LogP) is 2.68. The van der Waals surface area contributed by atoms with E-state index < -0.39 is 0 Å². The summed E-state index contributed by atoms with van der Waals surface area (Å²) in [6.07, 6.45) is 0. The maximum atomic E-state index is 13.3. The van der Waals surface area contributed by atoms with Crippen LogP contribution in [0, 0.1) is 5.82 Å². The third kappa shape index (κ3) is 5.05. The van der Waals surface area contributed by atoms with Gasteiger partial charge in [0.2, 0.25) is 0 Å². The lowest BCUT2D eigenvalue weighted by Gasteiger charge is -2.09. The van der Waals surface area contributed by atoms with Crippen molar-refractivity contribution in [1.29, 1.82) is 0 Å². The minimum Gasteiger partial charge on any atom is -0.313 e. The van der Waals surface area contributed by atoms with Crippen LogP contribution in [0.2, 0.25) is 0 Å². The number of benzene rings is 1. The molecule has 2 nitrogen and oxygen atoms in total. The van der Waals surface area contributed by atoms with E-state index in [4.69, 9.17) is 0 Å². The van der Waals surface area contributed by atoms with E-state index in [1.54, 1.807) is 12.1 Å². The first-order valence-electron chi connectivity index (χ1n) is 5.47. The van der Waals surface area contributed by atoms with Crippen LogP contribution in [-0.4, -0.2) is 19.1 Å². The third-order valence-electron chi connectivity index (χ3n) is 2.18. The zero-order chi connectivity index (χ0) is 12.0. The van der Waals surface area contributed by atoms with Crippen LogP contribution in [0.5, 0.6) is 0 Å². The molecule has 16 heavy (non-hydrogen) atoms. The van der Waals surface area contributed by atoms with Crippen LogP contribution < -0.4 is 10.6 Å². The molecule has 0 atom stereocenters. The van der Waals surface area contributed by atoms with Gasteiger partial charge in [-0.3, -0.25) is 0 Å². The molecule has 0 unspecified atom stereocenters. The van der Waals surface area contributed by atoms with Crippen LogP contribution >= 0.6 is 15.9 Å². The van der Waals surface area contributed by atoms with Crippen molar-refractivity contribution < 1.29 is 4.39 Å². The van der Waals surface area contributed by atoms with E-state index in [1.807, 2.05) is 0 Å². The number of nitrogens with one attached hydrogen (secondary N) is 2. The number of hydrogen-bond donors (Lipinski definition) is 2. The molecule has 0 spiro atoms. The quantitative estimate of drug-likeness (QED) is 0.787. The fourth-order valence-corrected chi connectivity index (χ4v) is 1.76. The van der Waals surface area contributed by atoms with Crippen molar-refractivity contribution in [2.24, 2.45) is 0 Å². The van der Waals surface area contributed by atoms with Crippen molar-refractivity contribution in [3.8, 4) is 0 Å². The Morgan fingerprint density at radius 2 is 2.06 bits per heavy atom. The molecule has 0 radical (unpaired) electrons. The van der Waals surface area contributed by atoms with Crippen LogP contribution in [0.25, 0.3) is 0 Å². The zero-order valence-electron chi connectivity index (χ0n) is 9.69. The molecule has 1 aromatic rings. The maximum absolute atomic E-state index is 13.3. The van der Waals surface area contributed by atoms with E-state index >= 15 is 0 Å². The lowest BCUT2D eigenvalue weighted by Crippen LogP contribution is -2.31. The Morgan fingerprint density at radius 3 is 2.75 bits per heavy atom. The van der Waals surface area contributed by atoms with Gasteiger partial charge in [0, 0.05) is 35.7 Å². The highest BCUT2D eigenvalue weighted by Crippen LogP contribution is 2.15. The molecule has 0 aromatic heterocycles. The van der Waals surface area contributed by atoms with Gasteiger partial charge in [-0.1, -0.05) is 29.8 Å². The van der Waals surface area contributed by atoms with Gasteiger partial charge >= 0.3 is 0 Å². The van der Waals surface area contributed by atoms with Crippen molar-refractivity contribution >= 4 is 15.9 Å². The van der Waals surface area contributed by atoms with Gasteiger partial charge in [0.05, 0.1) is 0 Å². The molecule has 2 N–H and O–H groups in total. The van der Waals surface area contributed by atoms with E-state index in [0.717, 1.165) is 17.6 Å². The van der Waals surface area contributed by atoms with Crippen molar-refractivity contribution in [1.82, 2.24) is 10.6 Å². The van der Waals surface area contributed by atoms with E-state index in [2.05, 4.69) is 40.4 Å². The van der Waals surface area contributed by atoms with Crippen LogP contribution in [0.4, 0.5) is 4.39 Å². The molecule has 0 aliphatic carbocycles. The smallest absolute Gasteiger partial charge is 0.127 e. The summed E-state index contributed by atoms with van der Waals surface area (Å²) >= 11 is 3.33. The highest BCUT2D eigenvalue weighted by molar-refractivity contribution is 9.10. The first-order chi connectivity index (χ1) is 7.59. The Hall–Kier alpha value is -0.450. The summed E-state index contributed by atoms with van der Waals surface area (Å²) in [5, 5.41) is 6.49. The van der Waals surface area contributed by atoms with E-state index in [0.29, 0.717) is 18.2 Å². The second-order valence-electron chi connectivity index (χ2n) is 4.02. The van der Waals surface area contributed by atoms with Gasteiger partial charge in [0.25, 0.3) is 0 Å². The normalized spacial score (nSPS) is 11.1. The summed E-state index contributed by atoms with van der Waals surface area (Å²) in [4.78, 5) is 0. The van der Waals surface area contributed by atoms with Gasteiger partial charge in [-0.05, 0) is 18.2 Å². The van der Waals surface area contributed by atoms with Gasteiger partial charge in [-0.15, -0.1) is 0 Å². The molecule has 0 fully saturated rings. The second kappa shape index (κ2) is 6.99. The van der Waals surface area contributed by atoms with E-state index in [-0.39, 0.29) is 5.82 Å². The van der Waals surface area contributed by atoms with Crippen LogP contribution in [-0.2, 0) is 6.54 Å². The Morgan fingerprint density at radius 1 is 1.31 bits per heavy atom. The van der Waals surface area contributed by atoms with Crippen LogP contribution in [0.3, 0.4) is 0 Å². The van der Waals surface area contributed by atoms with Crippen molar-refractivity contribution in [3.05, 3.63) is 34.1 Å². The molecule has 0 saturated heterocycles. The van der Waals surface area contributed by atoms with Crippen molar-refractivity contribution in [2.75, 3.05) is 13.1 Å². The lowest BCUT2D eigenvalue weighted by molar-refractivity contribution is 0.544. The molecule has 0 amide bonds. The lowest BCUT2D eigenvalue weighted by atomic mass is 10.2. The van der Waals surface area contributed by atoms with Gasteiger partial charge in [0.1, 0.15) is 5.82 Å². The molecule has 90 valence electrons. The molecule has 1 rings (SSSR count). The SMILES string of the molecule is CC(C)NCCNCc1cc(Br)ccc1F. The molecule has 0 bridgehead atoms. The third-order valence-corrected chi connectivity index (χ3v) is 2.67. The molecule has 1 aromatic carbocycles. The van der Waals surface area contributed by atoms with E-state index in [1.165, 1.54) is 6.07 Å². The first-order valence-corrected chi connectivity index (χ1v) is 6.27. The molecule has 4 heteroatoms. The van der Waals surface area contributed by atoms with Crippen molar-refractivity contribution in [2.45, 2.75) is 26.4 Å². The van der Waals surface area contributed by atoms with Crippen LogP contribution in [0.15, 0.2) is 22.7 Å². The Labute approximate surface area is 105 Å². The fourth-order valence-electron chi connectivity index (χ4n) is 1.35. The first kappa shape index (κ1) is 13.6. The average molecular weight is 289 g/mol. The summed E-state index contributed by atoms with van der Waals surface area (Å²) in [7, 11) is 0. The molecule has 0 heterocycles. The second-order valence-corrected chi connectivity index (χ2v) is 4.94. The summed E-state index contributed by atoms with van der Waals surface area (Å²) in [6.45, 7) is 6.50. The van der Waals surface area contributed by atoms with Gasteiger partial charge < -0.3 is 10.6 Å². The Bertz CT molecular complexity index is 329. The number of halogens is 2. The highest BCUT2D eigenvalue weighted by atomic mass is 79.9. The largest absolute Gasteiger partial charge is 0.313 e. The minimum atomic E-state index is -0.160. The minimum absolute atomic E-state index is 0.160. The Kier molecular flexibility index (Phi) is 5.95. The molecular formula is C12H18BrFN2. The molecule has 0 saturated carbocycles. The van der Waals surface area contributed by atoms with Gasteiger partial charge in [-0.25, -0.2) is 4.39 Å². The average Bonchev–Trinajstić information content (AvgIpc) is 2.22. The summed E-state index contributed by atoms with van der Waals surface area (Å²) in [5.74, 6) is -0.160. The fraction of sp³-hybridized carbons (Fsp3) is 0.500. The number of rotatable bonds is 6. The summed E-state index contributed by atoms with van der Waals surface area (Å²) < 4.78 is 14.2. The zero-order valence-corrected chi connectivity index (χ0v) is 11.3. The van der Waals surface area contributed by atoms with E-state index in [9.17, 15) is 4.39 Å². The maximum Gasteiger partial charge on any atom is 0.127 e. The molecule has 0 aliphatic heterocycles. The molecular weight excluding hydrogens is 271 g/mol. The van der Waals surface area contributed by atoms with Gasteiger partial charge in [-0.2, -0.15) is 0 Å². The summed E-state index contributed by atoms with van der Waals surface area (Å²) in [5.41, 5.74) is 0.693. The van der Waals surface area contributed by atoms with Gasteiger partial charge in [0.15, 0.2) is 0 Å². The molecule has 0 aliphatic rings.